The minimum atomic E-state index is 0.0181. The summed E-state index contributed by atoms with van der Waals surface area (Å²) >= 11 is 1.41. The van der Waals surface area contributed by atoms with Crippen LogP contribution in [-0.4, -0.2) is 47.7 Å². The van der Waals surface area contributed by atoms with Gasteiger partial charge >= 0.3 is 0 Å². The summed E-state index contributed by atoms with van der Waals surface area (Å²) in [4.78, 5) is 13.2. The molecule has 1 rings (SSSR count). The van der Waals surface area contributed by atoms with E-state index in [0.29, 0.717) is 31.4 Å². The highest BCUT2D eigenvalue weighted by Gasteiger charge is 2.10. The van der Waals surface area contributed by atoms with Crippen LogP contribution in [-0.2, 0) is 11.3 Å². The van der Waals surface area contributed by atoms with E-state index >= 15 is 0 Å². The molecule has 0 saturated heterocycles. The molecule has 1 N–H and O–H groups in total. The minimum Gasteiger partial charge on any atom is -0.469 e. The van der Waals surface area contributed by atoms with Gasteiger partial charge in [-0.2, -0.15) is 0 Å². The predicted octanol–water partition coefficient (Wildman–Crippen LogP) is 0.505. The maximum atomic E-state index is 11.3. The van der Waals surface area contributed by atoms with E-state index in [0.717, 1.165) is 5.01 Å². The lowest BCUT2D eigenvalue weighted by molar-refractivity contribution is -0.121. The van der Waals surface area contributed by atoms with Crippen LogP contribution in [0.15, 0.2) is 0 Å². The van der Waals surface area contributed by atoms with Gasteiger partial charge in [0.15, 0.2) is 0 Å². The van der Waals surface area contributed by atoms with E-state index in [1.807, 2.05) is 25.8 Å². The largest absolute Gasteiger partial charge is 0.469 e. The van der Waals surface area contributed by atoms with E-state index in [4.69, 9.17) is 4.74 Å². The Labute approximate surface area is 105 Å². The molecule has 96 valence electrons. The molecule has 1 heterocycles. The molecule has 0 saturated carbocycles. The Kier molecular flexibility index (Phi) is 5.85. The lowest BCUT2D eigenvalue weighted by atomic mass is 10.5. The van der Waals surface area contributed by atoms with Crippen LogP contribution < -0.4 is 10.1 Å². The van der Waals surface area contributed by atoms with Crippen LogP contribution in [0.5, 0.6) is 5.19 Å². The molecule has 0 fully saturated rings. The van der Waals surface area contributed by atoms with Crippen molar-refractivity contribution in [2.24, 2.45) is 0 Å². The van der Waals surface area contributed by atoms with Crippen LogP contribution in [0.2, 0.25) is 0 Å². The molecule has 0 unspecified atom stereocenters. The Hall–Kier alpha value is -1.21. The average molecular weight is 258 g/mol. The average Bonchev–Trinajstić information content (AvgIpc) is 2.66. The fourth-order valence-electron chi connectivity index (χ4n) is 1.27. The van der Waals surface area contributed by atoms with E-state index in [1.54, 1.807) is 0 Å². The van der Waals surface area contributed by atoms with E-state index in [9.17, 15) is 4.79 Å². The molecule has 0 radical (unpaired) electrons. The summed E-state index contributed by atoms with van der Waals surface area (Å²) in [6, 6.07) is 0. The first-order chi connectivity index (χ1) is 8.15. The number of nitrogens with one attached hydrogen (secondary N) is 1. The molecule has 0 aliphatic carbocycles. The second-order valence-corrected chi connectivity index (χ2v) is 4.55. The third-order valence-electron chi connectivity index (χ3n) is 1.91. The van der Waals surface area contributed by atoms with E-state index < -0.39 is 0 Å². The van der Waals surface area contributed by atoms with Crippen molar-refractivity contribution in [2.75, 3.05) is 26.7 Å². The van der Waals surface area contributed by atoms with Gasteiger partial charge < -0.3 is 10.1 Å². The summed E-state index contributed by atoms with van der Waals surface area (Å²) in [5, 5.41) is 12.1. The number of hydrogen-bond donors (Lipinski definition) is 1. The van der Waals surface area contributed by atoms with Crippen molar-refractivity contribution in [3.8, 4) is 5.19 Å². The van der Waals surface area contributed by atoms with Crippen molar-refractivity contribution in [1.82, 2.24) is 20.4 Å². The van der Waals surface area contributed by atoms with Gasteiger partial charge in [0.1, 0.15) is 5.01 Å². The monoisotopic (exact) mass is 258 g/mol. The first-order valence-corrected chi connectivity index (χ1v) is 6.37. The van der Waals surface area contributed by atoms with Crippen molar-refractivity contribution in [3.63, 3.8) is 0 Å². The fourth-order valence-corrected chi connectivity index (χ4v) is 2.10. The van der Waals surface area contributed by atoms with Crippen LogP contribution >= 0.6 is 11.3 Å². The molecule has 0 bridgehead atoms. The highest BCUT2D eigenvalue weighted by Crippen LogP contribution is 2.18. The topological polar surface area (TPSA) is 67.4 Å². The van der Waals surface area contributed by atoms with Gasteiger partial charge in [0.05, 0.1) is 19.7 Å². The first kappa shape index (κ1) is 13.9. The molecule has 0 spiro atoms. The Bertz CT molecular complexity index is 356. The molecule has 6 nitrogen and oxygen atoms in total. The van der Waals surface area contributed by atoms with E-state index in [2.05, 4.69) is 15.5 Å². The van der Waals surface area contributed by atoms with Crippen molar-refractivity contribution < 1.29 is 9.53 Å². The Morgan fingerprint density at radius 1 is 1.47 bits per heavy atom. The Morgan fingerprint density at radius 3 is 2.88 bits per heavy atom. The molecule has 0 atom stereocenters. The number of rotatable bonds is 7. The number of carbonyl (C=O) groups excluding carboxylic acids is 1. The summed E-state index contributed by atoms with van der Waals surface area (Å²) in [5.41, 5.74) is 0. The summed E-state index contributed by atoms with van der Waals surface area (Å²) in [6.07, 6.45) is 0. The van der Waals surface area contributed by atoms with Gasteiger partial charge in [0.2, 0.25) is 5.91 Å². The summed E-state index contributed by atoms with van der Waals surface area (Å²) in [7, 11) is 1.87. The number of nitrogens with zero attached hydrogens (tertiary/aromatic N) is 3. The third-order valence-corrected chi connectivity index (χ3v) is 2.73. The zero-order chi connectivity index (χ0) is 12.7. The number of hydrogen-bond acceptors (Lipinski definition) is 6. The standard InChI is InChI=1S/C10H18N4O2S/c1-4-11-8(15)6-14(3)7-9-12-13-10(17-9)16-5-2/h4-7H2,1-3H3,(H,11,15). The number of carbonyl (C=O) groups is 1. The summed E-state index contributed by atoms with van der Waals surface area (Å²) in [6.45, 7) is 6.00. The van der Waals surface area contributed by atoms with Crippen LogP contribution in [0.25, 0.3) is 0 Å². The fraction of sp³-hybridized carbons (Fsp3) is 0.700. The zero-order valence-corrected chi connectivity index (χ0v) is 11.2. The van der Waals surface area contributed by atoms with Crippen molar-refractivity contribution in [2.45, 2.75) is 20.4 Å². The van der Waals surface area contributed by atoms with Crippen LogP contribution in [0.1, 0.15) is 18.9 Å². The number of likely N-dealkylation sites (N-methyl/N-ethyl adjacent to an activating group) is 2. The molecule has 1 aromatic rings. The molecule has 0 aromatic carbocycles. The zero-order valence-electron chi connectivity index (χ0n) is 10.4. The van der Waals surface area contributed by atoms with Crippen LogP contribution in [0.4, 0.5) is 0 Å². The Morgan fingerprint density at radius 2 is 2.24 bits per heavy atom. The van der Waals surface area contributed by atoms with Gasteiger partial charge in [-0.05, 0) is 20.9 Å². The Balaban J connectivity index is 2.38. The molecule has 0 aliphatic rings. The normalized spacial score (nSPS) is 10.6. The van der Waals surface area contributed by atoms with Gasteiger partial charge in [-0.1, -0.05) is 11.3 Å². The summed E-state index contributed by atoms with van der Waals surface area (Å²) < 4.78 is 5.23. The smallest absolute Gasteiger partial charge is 0.294 e. The highest BCUT2D eigenvalue weighted by molar-refractivity contribution is 7.13. The number of aromatic nitrogens is 2. The predicted molar refractivity (Wildman–Crippen MR) is 66.1 cm³/mol. The molecular weight excluding hydrogens is 240 g/mol. The number of amides is 1. The van der Waals surface area contributed by atoms with E-state index in [1.165, 1.54) is 11.3 Å². The van der Waals surface area contributed by atoms with Crippen molar-refractivity contribution in [1.29, 1.82) is 0 Å². The van der Waals surface area contributed by atoms with Crippen LogP contribution in [0.3, 0.4) is 0 Å². The van der Waals surface area contributed by atoms with Gasteiger partial charge in [0, 0.05) is 6.54 Å². The second kappa shape index (κ2) is 7.18. The van der Waals surface area contributed by atoms with Gasteiger partial charge in [0.25, 0.3) is 5.19 Å². The van der Waals surface area contributed by atoms with Crippen LogP contribution in [0, 0.1) is 0 Å². The van der Waals surface area contributed by atoms with Crippen molar-refractivity contribution in [3.05, 3.63) is 5.01 Å². The second-order valence-electron chi connectivity index (χ2n) is 3.52. The molecule has 17 heavy (non-hydrogen) atoms. The molecule has 1 aromatic heterocycles. The summed E-state index contributed by atoms with van der Waals surface area (Å²) in [5.74, 6) is 0.0181. The molecule has 1 amide bonds. The van der Waals surface area contributed by atoms with Crippen molar-refractivity contribution >= 4 is 17.2 Å². The maximum absolute atomic E-state index is 11.3. The number of ether oxygens (including phenoxy) is 1. The quantitative estimate of drug-likeness (QED) is 0.771. The lowest BCUT2D eigenvalue weighted by Crippen LogP contribution is -2.34. The molecule has 7 heteroatoms. The third kappa shape index (κ3) is 5.10. The van der Waals surface area contributed by atoms with E-state index in [-0.39, 0.29) is 5.91 Å². The maximum Gasteiger partial charge on any atom is 0.294 e. The molecular formula is C10H18N4O2S. The molecule has 0 aliphatic heterocycles. The minimum absolute atomic E-state index is 0.0181. The first-order valence-electron chi connectivity index (χ1n) is 5.56. The lowest BCUT2D eigenvalue weighted by Gasteiger charge is -2.13. The van der Waals surface area contributed by atoms with Gasteiger partial charge in [-0.3, -0.25) is 9.69 Å². The van der Waals surface area contributed by atoms with Gasteiger partial charge in [-0.15, -0.1) is 10.2 Å². The highest BCUT2D eigenvalue weighted by atomic mass is 32.1. The SMILES string of the molecule is CCNC(=O)CN(C)Cc1nnc(OCC)s1. The van der Waals surface area contributed by atoms with Gasteiger partial charge in [-0.25, -0.2) is 0 Å².